The Balaban J connectivity index is 3.06. The molecular formula is C15H19N7. The molecule has 0 aliphatic carbocycles. The second-order valence-corrected chi connectivity index (χ2v) is 5.34. The third-order valence-corrected chi connectivity index (χ3v) is 3.12. The van der Waals surface area contributed by atoms with Gasteiger partial charge in [0, 0.05) is 27.2 Å². The molecule has 1 rings (SSSR count). The van der Waals surface area contributed by atoms with E-state index in [2.05, 4.69) is 28.2 Å². The van der Waals surface area contributed by atoms with Crippen LogP contribution < -0.4 is 9.80 Å². The van der Waals surface area contributed by atoms with Gasteiger partial charge in [0.15, 0.2) is 5.82 Å². The first-order valence-corrected chi connectivity index (χ1v) is 6.91. The molecule has 7 heteroatoms. The number of nitrogens with zero attached hydrogens (tertiary/aromatic N) is 7. The Morgan fingerprint density at radius 1 is 1.05 bits per heavy atom. The van der Waals surface area contributed by atoms with Gasteiger partial charge < -0.3 is 9.80 Å². The van der Waals surface area contributed by atoms with E-state index < -0.39 is 0 Å². The van der Waals surface area contributed by atoms with Crippen LogP contribution in [0.4, 0.5) is 11.8 Å². The summed E-state index contributed by atoms with van der Waals surface area (Å²) in [6, 6.07) is 6.39. The molecule has 114 valence electrons. The van der Waals surface area contributed by atoms with Gasteiger partial charge in [0.25, 0.3) is 0 Å². The quantitative estimate of drug-likeness (QED) is 0.784. The number of rotatable bonds is 6. The highest BCUT2D eigenvalue weighted by atomic mass is 15.3. The number of anilines is 2. The fourth-order valence-electron chi connectivity index (χ4n) is 1.99. The molecule has 0 fully saturated rings. The second kappa shape index (κ2) is 7.81. The summed E-state index contributed by atoms with van der Waals surface area (Å²) < 4.78 is 0. The topological polar surface area (TPSA) is 104 Å². The first-order valence-electron chi connectivity index (χ1n) is 6.91. The van der Waals surface area contributed by atoms with E-state index in [0.717, 1.165) is 0 Å². The Morgan fingerprint density at radius 3 is 2.09 bits per heavy atom. The number of hydrogen-bond acceptors (Lipinski definition) is 7. The smallest absolute Gasteiger partial charge is 0.227 e. The highest BCUT2D eigenvalue weighted by molar-refractivity contribution is 5.55. The number of aromatic nitrogens is 2. The molecule has 0 saturated heterocycles. The molecule has 22 heavy (non-hydrogen) atoms. The maximum atomic E-state index is 9.19. The molecule has 0 bridgehead atoms. The molecule has 0 N–H and O–H groups in total. The van der Waals surface area contributed by atoms with Crippen LogP contribution in [0, 0.1) is 45.8 Å². The summed E-state index contributed by atoms with van der Waals surface area (Å²) in [4.78, 5) is 12.1. The minimum atomic E-state index is -0.175. The molecule has 2 unspecified atom stereocenters. The molecule has 7 nitrogen and oxygen atoms in total. The predicted molar refractivity (Wildman–Crippen MR) is 82.8 cm³/mol. The van der Waals surface area contributed by atoms with Gasteiger partial charge in [-0.1, -0.05) is 0 Å². The van der Waals surface area contributed by atoms with Gasteiger partial charge in [0.1, 0.15) is 11.6 Å². The highest BCUT2D eigenvalue weighted by Crippen LogP contribution is 2.19. The maximum Gasteiger partial charge on any atom is 0.227 e. The molecular weight excluding hydrogens is 278 g/mol. The van der Waals surface area contributed by atoms with Crippen LogP contribution in [0.3, 0.4) is 0 Å². The van der Waals surface area contributed by atoms with Crippen molar-refractivity contribution in [3.63, 3.8) is 0 Å². The molecule has 0 aliphatic heterocycles. The van der Waals surface area contributed by atoms with E-state index in [1.165, 1.54) is 6.20 Å². The molecule has 1 heterocycles. The Kier molecular flexibility index (Phi) is 6.10. The van der Waals surface area contributed by atoms with Crippen LogP contribution in [0.5, 0.6) is 0 Å². The number of hydrogen-bond donors (Lipinski definition) is 0. The molecule has 0 radical (unpaired) electrons. The van der Waals surface area contributed by atoms with Crippen molar-refractivity contribution >= 4 is 11.8 Å². The highest BCUT2D eigenvalue weighted by Gasteiger charge is 2.16. The van der Waals surface area contributed by atoms with Crippen molar-refractivity contribution in [2.45, 2.75) is 13.8 Å². The van der Waals surface area contributed by atoms with Crippen LogP contribution in [0.15, 0.2) is 6.20 Å². The van der Waals surface area contributed by atoms with Crippen molar-refractivity contribution in [1.82, 2.24) is 9.97 Å². The summed E-state index contributed by atoms with van der Waals surface area (Å²) in [6.07, 6.45) is 1.47. The van der Waals surface area contributed by atoms with E-state index in [1.807, 2.05) is 13.8 Å². The predicted octanol–water partition coefficient (Wildman–Crippen LogP) is 1.54. The van der Waals surface area contributed by atoms with Gasteiger partial charge in [0.05, 0.1) is 30.2 Å². The normalized spacial score (nSPS) is 12.4. The van der Waals surface area contributed by atoms with Gasteiger partial charge in [0.2, 0.25) is 5.95 Å². The summed E-state index contributed by atoms with van der Waals surface area (Å²) in [6.45, 7) is 4.60. The minimum absolute atomic E-state index is 0.149. The Labute approximate surface area is 131 Å². The lowest BCUT2D eigenvalue weighted by Gasteiger charge is -2.23. The number of nitriles is 3. The van der Waals surface area contributed by atoms with E-state index in [9.17, 15) is 5.26 Å². The molecule has 2 atom stereocenters. The van der Waals surface area contributed by atoms with Crippen LogP contribution in [0.1, 0.15) is 19.4 Å². The third-order valence-electron chi connectivity index (χ3n) is 3.12. The second-order valence-electron chi connectivity index (χ2n) is 5.34. The molecule has 0 aromatic carbocycles. The fourth-order valence-corrected chi connectivity index (χ4v) is 1.99. The molecule has 0 spiro atoms. The zero-order valence-corrected chi connectivity index (χ0v) is 13.3. The van der Waals surface area contributed by atoms with Crippen LogP contribution in [0.2, 0.25) is 0 Å². The molecule has 1 aromatic heterocycles. The maximum absolute atomic E-state index is 9.19. The minimum Gasteiger partial charge on any atom is -0.357 e. The Bertz CT molecular complexity index is 635. The Hall–Kier alpha value is -2.85. The van der Waals surface area contributed by atoms with Gasteiger partial charge in [-0.25, -0.2) is 4.98 Å². The summed E-state index contributed by atoms with van der Waals surface area (Å²) in [5.74, 6) is 0.619. The van der Waals surface area contributed by atoms with Gasteiger partial charge in [-0.3, -0.25) is 0 Å². The van der Waals surface area contributed by atoms with Crippen molar-refractivity contribution in [1.29, 1.82) is 15.8 Å². The van der Waals surface area contributed by atoms with Crippen LogP contribution in [-0.4, -0.2) is 37.2 Å². The van der Waals surface area contributed by atoms with Crippen molar-refractivity contribution in [3.8, 4) is 18.2 Å². The molecule has 0 saturated carbocycles. The van der Waals surface area contributed by atoms with Crippen molar-refractivity contribution in [2.24, 2.45) is 11.8 Å². The first kappa shape index (κ1) is 17.2. The zero-order chi connectivity index (χ0) is 16.7. The van der Waals surface area contributed by atoms with E-state index in [0.29, 0.717) is 30.4 Å². The van der Waals surface area contributed by atoms with E-state index in [4.69, 9.17) is 10.5 Å². The SMILES string of the molecule is CC(C#N)CN(C)c1ncc(C#N)c(N(C)CC(C)C#N)n1. The average molecular weight is 297 g/mol. The van der Waals surface area contributed by atoms with Crippen molar-refractivity contribution in [2.75, 3.05) is 37.0 Å². The van der Waals surface area contributed by atoms with E-state index >= 15 is 0 Å². The first-order chi connectivity index (χ1) is 10.4. The summed E-state index contributed by atoms with van der Waals surface area (Å²) in [5.41, 5.74) is 0.359. The standard InChI is InChI=1S/C15H19N7/c1-11(5-16)9-21(3)14-13(7-18)8-19-15(20-14)22(4)10-12(2)6-17/h8,11-12H,9-10H2,1-4H3. The molecule has 0 amide bonds. The van der Waals surface area contributed by atoms with Crippen LogP contribution in [0.25, 0.3) is 0 Å². The zero-order valence-electron chi connectivity index (χ0n) is 13.3. The van der Waals surface area contributed by atoms with E-state index in [1.54, 1.807) is 23.9 Å². The lowest BCUT2D eigenvalue weighted by molar-refractivity contribution is 0.692. The van der Waals surface area contributed by atoms with Gasteiger partial charge >= 0.3 is 0 Å². The van der Waals surface area contributed by atoms with Crippen LogP contribution >= 0.6 is 0 Å². The van der Waals surface area contributed by atoms with E-state index in [-0.39, 0.29) is 11.8 Å². The molecule has 0 aliphatic rings. The summed E-state index contributed by atoms with van der Waals surface area (Å²) in [5, 5.41) is 27.0. The van der Waals surface area contributed by atoms with Gasteiger partial charge in [-0.15, -0.1) is 0 Å². The summed E-state index contributed by atoms with van der Waals surface area (Å²) in [7, 11) is 3.59. The van der Waals surface area contributed by atoms with Gasteiger partial charge in [-0.05, 0) is 13.8 Å². The monoisotopic (exact) mass is 297 g/mol. The van der Waals surface area contributed by atoms with Crippen LogP contribution in [-0.2, 0) is 0 Å². The van der Waals surface area contributed by atoms with Crippen molar-refractivity contribution in [3.05, 3.63) is 11.8 Å². The average Bonchev–Trinajstić information content (AvgIpc) is 2.53. The lowest BCUT2D eigenvalue weighted by atomic mass is 10.2. The lowest BCUT2D eigenvalue weighted by Crippen LogP contribution is -2.28. The molecule has 1 aromatic rings. The largest absolute Gasteiger partial charge is 0.357 e. The Morgan fingerprint density at radius 2 is 1.59 bits per heavy atom. The fraction of sp³-hybridized carbons (Fsp3) is 0.533. The summed E-state index contributed by atoms with van der Waals surface area (Å²) >= 11 is 0. The van der Waals surface area contributed by atoms with Gasteiger partial charge in [-0.2, -0.15) is 20.8 Å². The van der Waals surface area contributed by atoms with Crippen molar-refractivity contribution < 1.29 is 0 Å². The third kappa shape index (κ3) is 4.33.